The zero-order chi connectivity index (χ0) is 23.2. The first-order chi connectivity index (χ1) is 16.0. The average molecular weight is 442 g/mol. The van der Waals surface area contributed by atoms with E-state index in [1.807, 2.05) is 97.6 Å². The van der Waals surface area contributed by atoms with E-state index in [0.717, 1.165) is 40.9 Å². The van der Waals surface area contributed by atoms with Crippen LogP contribution < -0.4 is 5.32 Å². The van der Waals surface area contributed by atoms with Gasteiger partial charge in [0.25, 0.3) is 5.91 Å². The van der Waals surface area contributed by atoms with Crippen molar-refractivity contribution in [3.8, 4) is 0 Å². The number of benzene rings is 3. The smallest absolute Gasteiger partial charge is 0.253 e. The zero-order valence-electron chi connectivity index (χ0n) is 19.3. The molecule has 2 amide bonds. The predicted molar refractivity (Wildman–Crippen MR) is 132 cm³/mol. The number of nitrogens with zero attached hydrogens (tertiary/aromatic N) is 2. The quantitative estimate of drug-likeness (QED) is 0.617. The van der Waals surface area contributed by atoms with Crippen LogP contribution in [0.3, 0.4) is 0 Å². The van der Waals surface area contributed by atoms with E-state index in [0.29, 0.717) is 19.6 Å². The molecule has 1 aliphatic rings. The Labute approximate surface area is 196 Å². The second-order valence-electron chi connectivity index (χ2n) is 8.72. The van der Waals surface area contributed by atoms with Gasteiger partial charge in [0.2, 0.25) is 5.91 Å². The van der Waals surface area contributed by atoms with Crippen LogP contribution in [-0.4, -0.2) is 47.8 Å². The standard InChI is InChI=1S/C28H31N3O2/c1-21-12-14-25(15-13-21)29-27(32)26(23-9-4-3-5-10-23)30-16-7-17-31(19-18-30)28(33)24-11-6-8-22(2)20-24/h3-6,8-15,20,26H,7,16-19H2,1-2H3,(H,29,32). The third kappa shape index (κ3) is 5.68. The van der Waals surface area contributed by atoms with E-state index in [-0.39, 0.29) is 11.8 Å². The molecular weight excluding hydrogens is 410 g/mol. The van der Waals surface area contributed by atoms with Gasteiger partial charge in [-0.05, 0) is 50.1 Å². The van der Waals surface area contributed by atoms with Crippen LogP contribution in [-0.2, 0) is 4.79 Å². The van der Waals surface area contributed by atoms with E-state index in [4.69, 9.17) is 0 Å². The van der Waals surface area contributed by atoms with Gasteiger partial charge in [0.1, 0.15) is 6.04 Å². The lowest BCUT2D eigenvalue weighted by Crippen LogP contribution is -2.40. The van der Waals surface area contributed by atoms with E-state index >= 15 is 0 Å². The van der Waals surface area contributed by atoms with Crippen molar-refractivity contribution < 1.29 is 9.59 Å². The molecule has 0 bridgehead atoms. The molecule has 5 nitrogen and oxygen atoms in total. The number of nitrogens with one attached hydrogen (secondary N) is 1. The highest BCUT2D eigenvalue weighted by Gasteiger charge is 2.30. The molecule has 1 N–H and O–H groups in total. The molecule has 0 saturated carbocycles. The molecule has 4 rings (SSSR count). The van der Waals surface area contributed by atoms with E-state index in [2.05, 4.69) is 10.2 Å². The molecule has 1 unspecified atom stereocenters. The summed E-state index contributed by atoms with van der Waals surface area (Å²) in [4.78, 5) is 30.6. The number of hydrogen-bond donors (Lipinski definition) is 1. The molecule has 33 heavy (non-hydrogen) atoms. The predicted octanol–water partition coefficient (Wildman–Crippen LogP) is 4.83. The van der Waals surface area contributed by atoms with Crippen LogP contribution in [0, 0.1) is 13.8 Å². The van der Waals surface area contributed by atoms with Crippen molar-refractivity contribution >= 4 is 17.5 Å². The van der Waals surface area contributed by atoms with Crippen LogP contribution in [0.25, 0.3) is 0 Å². The molecule has 5 heteroatoms. The summed E-state index contributed by atoms with van der Waals surface area (Å²) >= 11 is 0. The maximum Gasteiger partial charge on any atom is 0.253 e. The van der Waals surface area contributed by atoms with Crippen LogP contribution in [0.4, 0.5) is 5.69 Å². The Morgan fingerprint density at radius 1 is 0.788 bits per heavy atom. The fraction of sp³-hybridized carbons (Fsp3) is 0.286. The molecule has 170 valence electrons. The summed E-state index contributed by atoms with van der Waals surface area (Å²) in [6.45, 7) is 6.69. The lowest BCUT2D eigenvalue weighted by atomic mass is 10.0. The van der Waals surface area contributed by atoms with Gasteiger partial charge in [-0.25, -0.2) is 0 Å². The molecule has 1 saturated heterocycles. The Kier molecular flexibility index (Phi) is 7.20. The first-order valence-electron chi connectivity index (χ1n) is 11.5. The number of hydrogen-bond acceptors (Lipinski definition) is 3. The van der Waals surface area contributed by atoms with Crippen LogP contribution in [0.1, 0.15) is 39.5 Å². The Hall–Kier alpha value is -3.44. The monoisotopic (exact) mass is 441 g/mol. The van der Waals surface area contributed by atoms with E-state index in [1.165, 1.54) is 0 Å². The molecule has 3 aromatic rings. The summed E-state index contributed by atoms with van der Waals surface area (Å²) in [5.74, 6) is 0.00410. The highest BCUT2D eigenvalue weighted by molar-refractivity contribution is 5.96. The third-order valence-electron chi connectivity index (χ3n) is 6.13. The SMILES string of the molecule is Cc1ccc(NC(=O)C(c2ccccc2)N2CCCN(C(=O)c3cccc(C)c3)CC2)cc1. The second kappa shape index (κ2) is 10.5. The van der Waals surface area contributed by atoms with E-state index in [9.17, 15) is 9.59 Å². The Morgan fingerprint density at radius 3 is 2.27 bits per heavy atom. The summed E-state index contributed by atoms with van der Waals surface area (Å²) in [5, 5.41) is 3.09. The van der Waals surface area contributed by atoms with Gasteiger partial charge in [-0.2, -0.15) is 0 Å². The summed E-state index contributed by atoms with van der Waals surface area (Å²) in [7, 11) is 0. The van der Waals surface area contributed by atoms with Crippen molar-refractivity contribution in [3.05, 3.63) is 101 Å². The molecule has 0 aromatic heterocycles. The number of rotatable bonds is 5. The van der Waals surface area contributed by atoms with Crippen molar-refractivity contribution in [2.45, 2.75) is 26.3 Å². The first-order valence-corrected chi connectivity index (χ1v) is 11.5. The van der Waals surface area contributed by atoms with Crippen molar-refractivity contribution in [2.75, 3.05) is 31.5 Å². The highest BCUT2D eigenvalue weighted by Crippen LogP contribution is 2.25. The number of carbonyl (C=O) groups is 2. The maximum atomic E-state index is 13.5. The first kappa shape index (κ1) is 22.7. The fourth-order valence-electron chi connectivity index (χ4n) is 4.37. The van der Waals surface area contributed by atoms with Crippen LogP contribution in [0.15, 0.2) is 78.9 Å². The summed E-state index contributed by atoms with van der Waals surface area (Å²) in [6.07, 6.45) is 0.818. The summed E-state index contributed by atoms with van der Waals surface area (Å²) < 4.78 is 0. The van der Waals surface area contributed by atoms with Gasteiger partial charge >= 0.3 is 0 Å². The minimum Gasteiger partial charge on any atom is -0.337 e. The van der Waals surface area contributed by atoms with Gasteiger partial charge in [0, 0.05) is 37.4 Å². The average Bonchev–Trinajstić information content (AvgIpc) is 3.07. The van der Waals surface area contributed by atoms with Crippen LogP contribution in [0.2, 0.25) is 0 Å². The number of amides is 2. The van der Waals surface area contributed by atoms with Gasteiger partial charge in [-0.3, -0.25) is 14.5 Å². The Balaban J connectivity index is 1.52. The van der Waals surface area contributed by atoms with Gasteiger partial charge in [-0.1, -0.05) is 65.7 Å². The number of aryl methyl sites for hydroxylation is 2. The highest BCUT2D eigenvalue weighted by atomic mass is 16.2. The fourth-order valence-corrected chi connectivity index (χ4v) is 4.37. The van der Waals surface area contributed by atoms with Gasteiger partial charge in [-0.15, -0.1) is 0 Å². The minimum absolute atomic E-state index is 0.0523. The van der Waals surface area contributed by atoms with Crippen LogP contribution >= 0.6 is 0 Å². The normalized spacial score (nSPS) is 15.5. The molecule has 3 aromatic carbocycles. The Morgan fingerprint density at radius 2 is 1.55 bits per heavy atom. The van der Waals surface area contributed by atoms with Gasteiger partial charge in [0.05, 0.1) is 0 Å². The van der Waals surface area contributed by atoms with Crippen molar-refractivity contribution in [1.29, 1.82) is 0 Å². The minimum atomic E-state index is -0.415. The topological polar surface area (TPSA) is 52.7 Å². The molecule has 0 aliphatic carbocycles. The Bertz CT molecular complexity index is 1100. The lowest BCUT2D eigenvalue weighted by Gasteiger charge is -2.30. The number of carbonyl (C=O) groups excluding carboxylic acids is 2. The van der Waals surface area contributed by atoms with Crippen molar-refractivity contribution in [3.63, 3.8) is 0 Å². The zero-order valence-corrected chi connectivity index (χ0v) is 19.3. The van der Waals surface area contributed by atoms with E-state index < -0.39 is 6.04 Å². The molecule has 0 spiro atoms. The molecule has 1 atom stereocenters. The molecule has 0 radical (unpaired) electrons. The maximum absolute atomic E-state index is 13.5. The van der Waals surface area contributed by atoms with E-state index in [1.54, 1.807) is 0 Å². The van der Waals surface area contributed by atoms with Crippen molar-refractivity contribution in [2.24, 2.45) is 0 Å². The molecule has 1 fully saturated rings. The van der Waals surface area contributed by atoms with Crippen LogP contribution in [0.5, 0.6) is 0 Å². The molecule has 1 aliphatic heterocycles. The van der Waals surface area contributed by atoms with Crippen molar-refractivity contribution in [1.82, 2.24) is 9.80 Å². The van der Waals surface area contributed by atoms with Gasteiger partial charge < -0.3 is 10.2 Å². The lowest BCUT2D eigenvalue weighted by molar-refractivity contribution is -0.121. The summed E-state index contributed by atoms with van der Waals surface area (Å²) in [6, 6.07) is 25.1. The summed E-state index contributed by atoms with van der Waals surface area (Å²) in [5.41, 5.74) is 4.70. The number of anilines is 1. The molecular formula is C28H31N3O2. The van der Waals surface area contributed by atoms with Gasteiger partial charge in [0.15, 0.2) is 0 Å². The largest absolute Gasteiger partial charge is 0.337 e. The molecule has 1 heterocycles. The second-order valence-corrected chi connectivity index (χ2v) is 8.72. The third-order valence-corrected chi connectivity index (χ3v) is 6.13.